The molecule has 0 aliphatic carbocycles. The van der Waals surface area contributed by atoms with Gasteiger partial charge >= 0.3 is 0 Å². The van der Waals surface area contributed by atoms with Crippen LogP contribution in [0.3, 0.4) is 0 Å². The fourth-order valence-electron chi connectivity index (χ4n) is 1.44. The first kappa shape index (κ1) is 14.2. The molecular weight excluding hydrogens is 230 g/mol. The van der Waals surface area contributed by atoms with Crippen molar-refractivity contribution >= 4 is 11.8 Å². The smallest absolute Gasteiger partial charge is 0.241 e. The van der Waals surface area contributed by atoms with Crippen LogP contribution < -0.4 is 11.1 Å². The number of carbonyl (C=O) groups excluding carboxylic acids is 2. The number of amides is 2. The minimum absolute atomic E-state index is 0.0245. The maximum atomic E-state index is 11.7. The Morgan fingerprint density at radius 1 is 1.28 bits per heavy atom. The van der Waals surface area contributed by atoms with Crippen molar-refractivity contribution in [1.82, 2.24) is 10.2 Å². The first-order chi connectivity index (χ1) is 8.52. The second-order valence-corrected chi connectivity index (χ2v) is 4.22. The highest BCUT2D eigenvalue weighted by Gasteiger charge is 2.15. The molecule has 98 valence electrons. The van der Waals surface area contributed by atoms with Crippen LogP contribution in [0.5, 0.6) is 0 Å². The lowest BCUT2D eigenvalue weighted by Crippen LogP contribution is -2.36. The number of hydrogen-bond donors (Lipinski definition) is 2. The molecule has 2 amide bonds. The predicted molar refractivity (Wildman–Crippen MR) is 69.7 cm³/mol. The van der Waals surface area contributed by atoms with Crippen molar-refractivity contribution in [3.8, 4) is 0 Å². The Morgan fingerprint density at radius 2 is 1.89 bits per heavy atom. The first-order valence-electron chi connectivity index (χ1n) is 5.80. The van der Waals surface area contributed by atoms with Crippen LogP contribution in [0.2, 0.25) is 0 Å². The van der Waals surface area contributed by atoms with E-state index in [9.17, 15) is 9.59 Å². The number of hydrogen-bond acceptors (Lipinski definition) is 3. The summed E-state index contributed by atoms with van der Waals surface area (Å²) >= 11 is 0. The number of nitrogens with one attached hydrogen (secondary N) is 1. The number of nitrogens with zero attached hydrogens (tertiary/aromatic N) is 1. The second-order valence-electron chi connectivity index (χ2n) is 4.22. The summed E-state index contributed by atoms with van der Waals surface area (Å²) in [5, 5.41) is 2.66. The highest BCUT2D eigenvalue weighted by Crippen LogP contribution is 2.08. The third-order valence-electron chi connectivity index (χ3n) is 2.58. The van der Waals surface area contributed by atoms with E-state index in [1.165, 1.54) is 4.90 Å². The fraction of sp³-hybridized carbons (Fsp3) is 0.385. The van der Waals surface area contributed by atoms with Gasteiger partial charge in [-0.15, -0.1) is 0 Å². The van der Waals surface area contributed by atoms with Gasteiger partial charge in [-0.25, -0.2) is 0 Å². The Balaban J connectivity index is 2.40. The third kappa shape index (κ3) is 4.18. The van der Waals surface area contributed by atoms with Crippen molar-refractivity contribution < 1.29 is 9.59 Å². The highest BCUT2D eigenvalue weighted by atomic mass is 16.2. The van der Waals surface area contributed by atoms with Crippen LogP contribution in [0.25, 0.3) is 0 Å². The van der Waals surface area contributed by atoms with E-state index in [4.69, 9.17) is 5.73 Å². The van der Waals surface area contributed by atoms with E-state index in [1.54, 1.807) is 26.2 Å². The number of carbonyl (C=O) groups is 2. The van der Waals surface area contributed by atoms with Gasteiger partial charge in [0.15, 0.2) is 0 Å². The standard InChI is InChI=1S/C13H19N3O2/c1-16(2)11(17)8-9-15-13(18)12(14)10-6-4-3-5-7-10/h3-7,12H,8-9,14H2,1-2H3,(H,15,18)/t12-/m0/s1. The number of nitrogens with two attached hydrogens (primary N) is 1. The van der Waals surface area contributed by atoms with Gasteiger partial charge in [-0.05, 0) is 5.56 Å². The van der Waals surface area contributed by atoms with E-state index in [-0.39, 0.29) is 18.2 Å². The van der Waals surface area contributed by atoms with Gasteiger partial charge in [-0.1, -0.05) is 30.3 Å². The summed E-state index contributed by atoms with van der Waals surface area (Å²) in [7, 11) is 3.36. The van der Waals surface area contributed by atoms with Gasteiger partial charge < -0.3 is 16.0 Å². The Kier molecular flexibility index (Phi) is 5.32. The lowest BCUT2D eigenvalue weighted by Gasteiger charge is -2.13. The molecule has 18 heavy (non-hydrogen) atoms. The Bertz CT molecular complexity index is 404. The summed E-state index contributed by atoms with van der Waals surface area (Å²) in [5.41, 5.74) is 6.57. The molecule has 0 spiro atoms. The summed E-state index contributed by atoms with van der Waals surface area (Å²) in [6, 6.07) is 8.44. The lowest BCUT2D eigenvalue weighted by molar-refractivity contribution is -0.128. The monoisotopic (exact) mass is 249 g/mol. The average Bonchev–Trinajstić information content (AvgIpc) is 2.38. The van der Waals surface area contributed by atoms with Crippen LogP contribution in [0.1, 0.15) is 18.0 Å². The molecule has 0 bridgehead atoms. The van der Waals surface area contributed by atoms with Crippen LogP contribution in [-0.4, -0.2) is 37.4 Å². The van der Waals surface area contributed by atoms with E-state index in [0.717, 1.165) is 5.56 Å². The van der Waals surface area contributed by atoms with E-state index in [0.29, 0.717) is 6.54 Å². The second kappa shape index (κ2) is 6.76. The van der Waals surface area contributed by atoms with Gasteiger partial charge in [0.1, 0.15) is 6.04 Å². The fourth-order valence-corrected chi connectivity index (χ4v) is 1.44. The van der Waals surface area contributed by atoms with Crippen LogP contribution in [-0.2, 0) is 9.59 Å². The molecule has 0 aliphatic rings. The SMILES string of the molecule is CN(C)C(=O)CCNC(=O)[C@@H](N)c1ccccc1. The molecular formula is C13H19N3O2. The highest BCUT2D eigenvalue weighted by molar-refractivity contribution is 5.83. The van der Waals surface area contributed by atoms with Crippen molar-refractivity contribution in [2.75, 3.05) is 20.6 Å². The zero-order chi connectivity index (χ0) is 13.5. The molecule has 1 atom stereocenters. The maximum Gasteiger partial charge on any atom is 0.241 e. The molecule has 0 saturated heterocycles. The summed E-state index contributed by atoms with van der Waals surface area (Å²) in [5.74, 6) is -0.295. The minimum Gasteiger partial charge on any atom is -0.354 e. The molecule has 0 aromatic heterocycles. The maximum absolute atomic E-state index is 11.7. The average molecular weight is 249 g/mol. The minimum atomic E-state index is -0.694. The summed E-state index contributed by atoms with van der Waals surface area (Å²) in [4.78, 5) is 24.5. The lowest BCUT2D eigenvalue weighted by atomic mass is 10.1. The van der Waals surface area contributed by atoms with Crippen LogP contribution in [0, 0.1) is 0 Å². The molecule has 0 radical (unpaired) electrons. The third-order valence-corrected chi connectivity index (χ3v) is 2.58. The quantitative estimate of drug-likeness (QED) is 0.787. The van der Waals surface area contributed by atoms with Gasteiger partial charge in [0.2, 0.25) is 11.8 Å². The van der Waals surface area contributed by atoms with Gasteiger partial charge in [0, 0.05) is 27.1 Å². The largest absolute Gasteiger partial charge is 0.354 e. The van der Waals surface area contributed by atoms with Crippen molar-refractivity contribution in [2.24, 2.45) is 5.73 Å². The number of rotatable bonds is 5. The van der Waals surface area contributed by atoms with Crippen LogP contribution in [0.15, 0.2) is 30.3 Å². The molecule has 5 nitrogen and oxygen atoms in total. The van der Waals surface area contributed by atoms with Crippen molar-refractivity contribution in [2.45, 2.75) is 12.5 Å². The Labute approximate surface area is 107 Å². The van der Waals surface area contributed by atoms with Crippen LogP contribution >= 0.6 is 0 Å². The molecule has 3 N–H and O–H groups in total. The summed E-state index contributed by atoms with van der Waals surface area (Å²) in [6.45, 7) is 0.302. The molecule has 0 saturated carbocycles. The summed E-state index contributed by atoms with van der Waals surface area (Å²) in [6.07, 6.45) is 0.278. The molecule has 0 heterocycles. The first-order valence-corrected chi connectivity index (χ1v) is 5.80. The predicted octanol–water partition coefficient (Wildman–Crippen LogP) is 0.281. The molecule has 1 aromatic rings. The zero-order valence-electron chi connectivity index (χ0n) is 10.7. The normalized spacial score (nSPS) is 11.7. The Hall–Kier alpha value is -1.88. The molecule has 0 unspecified atom stereocenters. The summed E-state index contributed by atoms with van der Waals surface area (Å²) < 4.78 is 0. The van der Waals surface area contributed by atoms with E-state index < -0.39 is 6.04 Å². The topological polar surface area (TPSA) is 75.4 Å². The van der Waals surface area contributed by atoms with Gasteiger partial charge in [-0.3, -0.25) is 9.59 Å². The van der Waals surface area contributed by atoms with Gasteiger partial charge in [-0.2, -0.15) is 0 Å². The van der Waals surface area contributed by atoms with Crippen LogP contribution in [0.4, 0.5) is 0 Å². The van der Waals surface area contributed by atoms with Crippen molar-refractivity contribution in [1.29, 1.82) is 0 Å². The van der Waals surface area contributed by atoms with Crippen molar-refractivity contribution in [3.63, 3.8) is 0 Å². The van der Waals surface area contributed by atoms with E-state index in [1.807, 2.05) is 18.2 Å². The van der Waals surface area contributed by atoms with E-state index in [2.05, 4.69) is 5.32 Å². The zero-order valence-corrected chi connectivity index (χ0v) is 10.7. The van der Waals surface area contributed by atoms with E-state index >= 15 is 0 Å². The molecule has 0 fully saturated rings. The van der Waals surface area contributed by atoms with Crippen molar-refractivity contribution in [3.05, 3.63) is 35.9 Å². The molecule has 0 aliphatic heterocycles. The molecule has 1 aromatic carbocycles. The molecule has 5 heteroatoms. The Morgan fingerprint density at radius 3 is 2.44 bits per heavy atom. The van der Waals surface area contributed by atoms with Gasteiger partial charge in [0.25, 0.3) is 0 Å². The molecule has 1 rings (SSSR count). The van der Waals surface area contributed by atoms with Gasteiger partial charge in [0.05, 0.1) is 0 Å². The number of benzene rings is 1.